The average Bonchev–Trinajstić information content (AvgIpc) is 2.45. The zero-order chi connectivity index (χ0) is 16.0. The molecule has 0 aliphatic rings. The Kier molecular flexibility index (Phi) is 6.27. The molecule has 6 nitrogen and oxygen atoms in total. The van der Waals surface area contributed by atoms with Gasteiger partial charge in [-0.15, -0.1) is 0 Å². The molecule has 0 aliphatic carbocycles. The Labute approximate surface area is 125 Å². The van der Waals surface area contributed by atoms with Crippen molar-refractivity contribution in [1.82, 2.24) is 0 Å². The molecule has 0 heterocycles. The second kappa shape index (κ2) is 7.71. The van der Waals surface area contributed by atoms with E-state index >= 15 is 0 Å². The lowest BCUT2D eigenvalue weighted by Gasteiger charge is -2.19. The molecule has 2 unspecified atom stereocenters. The number of nitro benzene ring substituents is 1. The maximum Gasteiger partial charge on any atom is 0.296 e. The maximum absolute atomic E-state index is 11.2. The molecule has 0 saturated carbocycles. The van der Waals surface area contributed by atoms with E-state index in [9.17, 15) is 10.1 Å². The molecule has 0 spiro atoms. The summed E-state index contributed by atoms with van der Waals surface area (Å²) in [4.78, 5) is 10.8. The van der Waals surface area contributed by atoms with E-state index in [0.717, 1.165) is 12.8 Å². The Morgan fingerprint density at radius 2 is 1.81 bits per heavy atom. The molecule has 118 valence electrons. The molecule has 2 atom stereocenters. The first-order valence-corrected chi connectivity index (χ1v) is 7.09. The summed E-state index contributed by atoms with van der Waals surface area (Å²) in [5.74, 6) is 1.39. The molecule has 0 amide bonds. The molecule has 1 aromatic rings. The molecule has 6 heteroatoms. The molecule has 0 aromatic heterocycles. The Balaban J connectivity index is 3.06. The largest absolute Gasteiger partial charge is 0.493 e. The van der Waals surface area contributed by atoms with Crippen molar-refractivity contribution in [2.75, 3.05) is 19.5 Å². The number of hydrogen-bond donors (Lipinski definition) is 1. The minimum Gasteiger partial charge on any atom is -0.493 e. The van der Waals surface area contributed by atoms with Crippen LogP contribution in [0.1, 0.15) is 33.6 Å². The quantitative estimate of drug-likeness (QED) is 0.582. The predicted octanol–water partition coefficient (Wildman–Crippen LogP) is 3.85. The third-order valence-corrected chi connectivity index (χ3v) is 3.55. The number of hydrogen-bond acceptors (Lipinski definition) is 5. The molecular formula is C15H24N2O4. The number of ether oxygens (including phenoxy) is 2. The summed E-state index contributed by atoms with van der Waals surface area (Å²) < 4.78 is 10.3. The first-order valence-electron chi connectivity index (χ1n) is 7.09. The van der Waals surface area contributed by atoms with Crippen molar-refractivity contribution in [2.45, 2.75) is 39.7 Å². The molecule has 1 aromatic carbocycles. The van der Waals surface area contributed by atoms with Crippen LogP contribution in [0.4, 0.5) is 11.4 Å². The standard InChI is InChI=1S/C15H24N2O4/c1-6-10(2)7-11(3)16-12-8-14(20-4)15(21-5)9-13(12)17(18)19/h8-11,16H,6-7H2,1-5H3. The summed E-state index contributed by atoms with van der Waals surface area (Å²) in [7, 11) is 2.97. The fourth-order valence-corrected chi connectivity index (χ4v) is 2.23. The van der Waals surface area contributed by atoms with Crippen molar-refractivity contribution in [3.8, 4) is 11.5 Å². The molecule has 21 heavy (non-hydrogen) atoms. The third-order valence-electron chi connectivity index (χ3n) is 3.55. The topological polar surface area (TPSA) is 73.6 Å². The summed E-state index contributed by atoms with van der Waals surface area (Å²) >= 11 is 0. The van der Waals surface area contributed by atoms with Crippen LogP contribution in [0.3, 0.4) is 0 Å². The van der Waals surface area contributed by atoms with E-state index in [1.165, 1.54) is 20.3 Å². The van der Waals surface area contributed by atoms with Crippen LogP contribution in [0.2, 0.25) is 0 Å². The monoisotopic (exact) mass is 296 g/mol. The van der Waals surface area contributed by atoms with Crippen molar-refractivity contribution in [1.29, 1.82) is 0 Å². The van der Waals surface area contributed by atoms with Crippen LogP contribution in [0.15, 0.2) is 12.1 Å². The number of methoxy groups -OCH3 is 2. The van der Waals surface area contributed by atoms with E-state index in [-0.39, 0.29) is 11.7 Å². The molecule has 0 radical (unpaired) electrons. The zero-order valence-electron chi connectivity index (χ0n) is 13.3. The van der Waals surface area contributed by atoms with Gasteiger partial charge in [0.2, 0.25) is 0 Å². The summed E-state index contributed by atoms with van der Waals surface area (Å²) in [5, 5.41) is 14.4. The van der Waals surface area contributed by atoms with Gasteiger partial charge >= 0.3 is 0 Å². The molecule has 0 bridgehead atoms. The van der Waals surface area contributed by atoms with E-state index < -0.39 is 4.92 Å². The number of nitrogens with one attached hydrogen (secondary N) is 1. The van der Waals surface area contributed by atoms with Crippen molar-refractivity contribution >= 4 is 11.4 Å². The van der Waals surface area contributed by atoms with Gasteiger partial charge < -0.3 is 14.8 Å². The molecule has 0 saturated heterocycles. The zero-order valence-corrected chi connectivity index (χ0v) is 13.3. The van der Waals surface area contributed by atoms with Crippen molar-refractivity contribution < 1.29 is 14.4 Å². The summed E-state index contributed by atoms with van der Waals surface area (Å²) in [6.45, 7) is 6.32. The fraction of sp³-hybridized carbons (Fsp3) is 0.600. The number of anilines is 1. The van der Waals surface area contributed by atoms with Gasteiger partial charge in [0.1, 0.15) is 5.69 Å². The highest BCUT2D eigenvalue weighted by molar-refractivity contribution is 5.68. The highest BCUT2D eigenvalue weighted by Crippen LogP contribution is 2.38. The van der Waals surface area contributed by atoms with Crippen LogP contribution in [0, 0.1) is 16.0 Å². The van der Waals surface area contributed by atoms with E-state index in [0.29, 0.717) is 23.1 Å². The van der Waals surface area contributed by atoms with E-state index in [1.807, 2.05) is 6.92 Å². The lowest BCUT2D eigenvalue weighted by atomic mass is 10.00. The predicted molar refractivity (Wildman–Crippen MR) is 83.4 cm³/mol. The number of nitrogens with zero attached hydrogens (tertiary/aromatic N) is 1. The Morgan fingerprint density at radius 3 is 2.29 bits per heavy atom. The van der Waals surface area contributed by atoms with Crippen LogP contribution in [0.25, 0.3) is 0 Å². The minimum atomic E-state index is -0.416. The van der Waals surface area contributed by atoms with Crippen LogP contribution in [-0.4, -0.2) is 25.2 Å². The Bertz CT molecular complexity index is 491. The smallest absolute Gasteiger partial charge is 0.296 e. The first kappa shape index (κ1) is 17.1. The van der Waals surface area contributed by atoms with E-state index in [4.69, 9.17) is 9.47 Å². The van der Waals surface area contributed by atoms with Crippen molar-refractivity contribution in [2.24, 2.45) is 5.92 Å². The molecule has 1 rings (SSSR count). The second-order valence-corrected chi connectivity index (χ2v) is 5.28. The van der Waals surface area contributed by atoms with Gasteiger partial charge in [-0.25, -0.2) is 0 Å². The summed E-state index contributed by atoms with van der Waals surface area (Å²) in [6, 6.07) is 3.14. The third kappa shape index (κ3) is 4.51. The SMILES string of the molecule is CCC(C)CC(C)Nc1cc(OC)c(OC)cc1[N+](=O)[O-]. The Hall–Kier alpha value is -1.98. The van der Waals surface area contributed by atoms with Crippen molar-refractivity contribution in [3.05, 3.63) is 22.2 Å². The Morgan fingerprint density at radius 1 is 1.24 bits per heavy atom. The lowest BCUT2D eigenvalue weighted by Crippen LogP contribution is -2.19. The van der Waals surface area contributed by atoms with Gasteiger partial charge in [0.25, 0.3) is 5.69 Å². The summed E-state index contributed by atoms with van der Waals surface area (Å²) in [5.41, 5.74) is 0.442. The lowest BCUT2D eigenvalue weighted by molar-refractivity contribution is -0.384. The van der Waals surface area contributed by atoms with Crippen LogP contribution in [0.5, 0.6) is 11.5 Å². The van der Waals surface area contributed by atoms with Crippen molar-refractivity contribution in [3.63, 3.8) is 0 Å². The minimum absolute atomic E-state index is 0.0105. The van der Waals surface area contributed by atoms with Gasteiger partial charge in [-0.2, -0.15) is 0 Å². The molecule has 1 N–H and O–H groups in total. The highest BCUT2D eigenvalue weighted by atomic mass is 16.6. The molecular weight excluding hydrogens is 272 g/mol. The molecule has 0 fully saturated rings. The van der Waals surface area contributed by atoms with Gasteiger partial charge in [0.05, 0.1) is 25.2 Å². The maximum atomic E-state index is 11.2. The van der Waals surface area contributed by atoms with E-state index in [2.05, 4.69) is 19.2 Å². The summed E-state index contributed by atoms with van der Waals surface area (Å²) in [6.07, 6.45) is 2.03. The van der Waals surface area contributed by atoms with Gasteiger partial charge in [0.15, 0.2) is 11.5 Å². The van der Waals surface area contributed by atoms with Crippen LogP contribution in [-0.2, 0) is 0 Å². The van der Waals surface area contributed by atoms with Gasteiger partial charge in [-0.1, -0.05) is 20.3 Å². The number of nitro groups is 1. The molecule has 0 aliphatic heterocycles. The highest BCUT2D eigenvalue weighted by Gasteiger charge is 2.21. The van der Waals surface area contributed by atoms with Crippen LogP contribution >= 0.6 is 0 Å². The number of rotatable bonds is 8. The number of benzene rings is 1. The van der Waals surface area contributed by atoms with Gasteiger partial charge in [0, 0.05) is 12.1 Å². The average molecular weight is 296 g/mol. The van der Waals surface area contributed by atoms with E-state index in [1.54, 1.807) is 6.07 Å². The van der Waals surface area contributed by atoms with Gasteiger partial charge in [-0.05, 0) is 19.3 Å². The second-order valence-electron chi connectivity index (χ2n) is 5.28. The van der Waals surface area contributed by atoms with Crippen LogP contribution < -0.4 is 14.8 Å². The fourth-order valence-electron chi connectivity index (χ4n) is 2.23. The normalized spacial score (nSPS) is 13.4. The van der Waals surface area contributed by atoms with Gasteiger partial charge in [-0.3, -0.25) is 10.1 Å². The first-order chi connectivity index (χ1) is 9.92.